The first-order chi connectivity index (χ1) is 9.60. The minimum absolute atomic E-state index is 0.00554. The van der Waals surface area contributed by atoms with Gasteiger partial charge in [-0.25, -0.2) is 4.98 Å². The zero-order valence-corrected chi connectivity index (χ0v) is 12.2. The quantitative estimate of drug-likeness (QED) is 0.617. The average molecular weight is 339 g/mol. The van der Waals surface area contributed by atoms with Gasteiger partial charge in [0.05, 0.1) is 12.0 Å². The fourth-order valence-corrected chi connectivity index (χ4v) is 1.85. The van der Waals surface area contributed by atoms with Crippen molar-refractivity contribution in [1.82, 2.24) is 4.98 Å². The number of rotatable bonds is 5. The maximum Gasteiger partial charge on any atom is 0.332 e. The van der Waals surface area contributed by atoms with Gasteiger partial charge >= 0.3 is 5.69 Å². The van der Waals surface area contributed by atoms with Crippen molar-refractivity contribution in [3.05, 3.63) is 56.7 Å². The van der Waals surface area contributed by atoms with E-state index in [0.29, 0.717) is 4.47 Å². The van der Waals surface area contributed by atoms with Gasteiger partial charge in [-0.1, -0.05) is 12.1 Å². The van der Waals surface area contributed by atoms with Crippen LogP contribution in [0.4, 0.5) is 5.69 Å². The highest BCUT2D eigenvalue weighted by Gasteiger charge is 2.17. The third-order valence-corrected chi connectivity index (χ3v) is 2.96. The van der Waals surface area contributed by atoms with Crippen LogP contribution in [0.2, 0.25) is 0 Å². The second-order valence-electron chi connectivity index (χ2n) is 3.87. The van der Waals surface area contributed by atoms with Gasteiger partial charge in [0.1, 0.15) is 12.4 Å². The molecule has 0 saturated heterocycles. The van der Waals surface area contributed by atoms with E-state index in [1.54, 1.807) is 19.2 Å². The molecule has 0 fully saturated rings. The first-order valence-corrected chi connectivity index (χ1v) is 6.45. The number of pyridine rings is 1. The highest BCUT2D eigenvalue weighted by atomic mass is 79.9. The third kappa shape index (κ3) is 3.45. The molecule has 2 rings (SSSR count). The lowest BCUT2D eigenvalue weighted by Gasteiger charge is -2.06. The number of nitro groups is 1. The van der Waals surface area contributed by atoms with Gasteiger partial charge in [0.2, 0.25) is 0 Å². The Morgan fingerprint density at radius 1 is 1.35 bits per heavy atom. The second kappa shape index (κ2) is 6.33. The molecule has 0 bridgehead atoms. The van der Waals surface area contributed by atoms with Crippen molar-refractivity contribution in [3.8, 4) is 11.6 Å². The lowest BCUT2D eigenvalue weighted by Crippen LogP contribution is -2.01. The van der Waals surface area contributed by atoms with Crippen LogP contribution in [0.1, 0.15) is 5.56 Å². The normalized spacial score (nSPS) is 10.1. The number of methoxy groups -OCH3 is 1. The van der Waals surface area contributed by atoms with Crippen LogP contribution in [0.15, 0.2) is 41.0 Å². The van der Waals surface area contributed by atoms with Crippen LogP contribution in [0.3, 0.4) is 0 Å². The molecule has 0 N–H and O–H groups in total. The lowest BCUT2D eigenvalue weighted by atomic mass is 10.2. The molecule has 2 aromatic rings. The summed E-state index contributed by atoms with van der Waals surface area (Å²) in [5.41, 5.74) is 0.692. The number of hydrogen-bond acceptors (Lipinski definition) is 5. The Bertz CT molecular complexity index is 616. The topological polar surface area (TPSA) is 74.5 Å². The van der Waals surface area contributed by atoms with Crippen LogP contribution in [-0.4, -0.2) is 17.0 Å². The van der Waals surface area contributed by atoms with Crippen molar-refractivity contribution in [2.45, 2.75) is 6.61 Å². The summed E-state index contributed by atoms with van der Waals surface area (Å²) in [6.07, 6.45) is 1.45. The van der Waals surface area contributed by atoms with Gasteiger partial charge in [0, 0.05) is 16.7 Å². The summed E-state index contributed by atoms with van der Waals surface area (Å²) in [4.78, 5) is 14.3. The van der Waals surface area contributed by atoms with Crippen molar-refractivity contribution in [1.29, 1.82) is 0 Å². The summed E-state index contributed by atoms with van der Waals surface area (Å²) in [6, 6.07) is 8.59. The Morgan fingerprint density at radius 2 is 2.05 bits per heavy atom. The Hall–Kier alpha value is -2.15. The van der Waals surface area contributed by atoms with Gasteiger partial charge in [-0.3, -0.25) is 10.1 Å². The average Bonchev–Trinajstić information content (AvgIpc) is 2.46. The molecular weight excluding hydrogens is 328 g/mol. The molecule has 1 heterocycles. The molecule has 0 unspecified atom stereocenters. The Morgan fingerprint density at radius 3 is 2.65 bits per heavy atom. The van der Waals surface area contributed by atoms with Gasteiger partial charge in [0.25, 0.3) is 5.88 Å². The van der Waals surface area contributed by atoms with Gasteiger partial charge in [0.15, 0.2) is 0 Å². The molecule has 0 spiro atoms. The molecule has 0 amide bonds. The molecule has 0 aliphatic carbocycles. The largest absolute Gasteiger partial charge is 0.497 e. The zero-order chi connectivity index (χ0) is 14.5. The van der Waals surface area contributed by atoms with Gasteiger partial charge < -0.3 is 9.47 Å². The van der Waals surface area contributed by atoms with Crippen LogP contribution in [0, 0.1) is 10.1 Å². The van der Waals surface area contributed by atoms with Crippen molar-refractivity contribution < 1.29 is 14.4 Å². The van der Waals surface area contributed by atoms with E-state index in [9.17, 15) is 10.1 Å². The molecule has 0 atom stereocenters. The molecule has 1 aromatic carbocycles. The molecule has 104 valence electrons. The molecular formula is C13H11BrN2O4. The standard InChI is InChI=1S/C13H11BrN2O4/c1-19-11-4-2-9(3-5-11)8-20-13-12(16(17)18)6-10(14)7-15-13/h2-7H,8H2,1H3. The van der Waals surface area contributed by atoms with Crippen LogP contribution >= 0.6 is 15.9 Å². The highest BCUT2D eigenvalue weighted by molar-refractivity contribution is 9.10. The van der Waals surface area contributed by atoms with E-state index in [4.69, 9.17) is 9.47 Å². The fourth-order valence-electron chi connectivity index (χ4n) is 1.53. The molecule has 0 radical (unpaired) electrons. The second-order valence-corrected chi connectivity index (χ2v) is 4.79. The highest BCUT2D eigenvalue weighted by Crippen LogP contribution is 2.28. The van der Waals surface area contributed by atoms with E-state index in [0.717, 1.165) is 11.3 Å². The SMILES string of the molecule is COc1ccc(COc2ncc(Br)cc2[N+](=O)[O-])cc1. The summed E-state index contributed by atoms with van der Waals surface area (Å²) < 4.78 is 11.0. The first kappa shape index (κ1) is 14.3. The van der Waals surface area contributed by atoms with Crippen LogP contribution in [0.5, 0.6) is 11.6 Å². The molecule has 20 heavy (non-hydrogen) atoms. The predicted octanol–water partition coefficient (Wildman–Crippen LogP) is 3.34. The van der Waals surface area contributed by atoms with Gasteiger partial charge in [-0.15, -0.1) is 0 Å². The summed E-state index contributed by atoms with van der Waals surface area (Å²) in [6.45, 7) is 0.194. The third-order valence-electron chi connectivity index (χ3n) is 2.53. The van der Waals surface area contributed by atoms with E-state index < -0.39 is 4.92 Å². The van der Waals surface area contributed by atoms with E-state index in [1.807, 2.05) is 12.1 Å². The summed E-state index contributed by atoms with van der Waals surface area (Å²) >= 11 is 3.14. The van der Waals surface area contributed by atoms with E-state index in [1.165, 1.54) is 12.3 Å². The monoisotopic (exact) mass is 338 g/mol. The molecule has 0 saturated carbocycles. The molecule has 1 aromatic heterocycles. The number of benzene rings is 1. The minimum atomic E-state index is -0.527. The molecule has 7 heteroatoms. The van der Waals surface area contributed by atoms with Crippen molar-refractivity contribution in [2.75, 3.05) is 7.11 Å². The first-order valence-electron chi connectivity index (χ1n) is 5.66. The minimum Gasteiger partial charge on any atom is -0.497 e. The summed E-state index contributed by atoms with van der Waals surface area (Å²) in [5, 5.41) is 10.9. The molecule has 0 aliphatic heterocycles. The maximum atomic E-state index is 10.9. The lowest BCUT2D eigenvalue weighted by molar-refractivity contribution is -0.386. The Kier molecular flexibility index (Phi) is 4.52. The van der Waals surface area contributed by atoms with Crippen molar-refractivity contribution in [2.24, 2.45) is 0 Å². The van der Waals surface area contributed by atoms with E-state index in [2.05, 4.69) is 20.9 Å². The number of hydrogen-bond donors (Lipinski definition) is 0. The maximum absolute atomic E-state index is 10.9. The molecule has 6 nitrogen and oxygen atoms in total. The van der Waals surface area contributed by atoms with Crippen LogP contribution in [-0.2, 0) is 6.61 Å². The summed E-state index contributed by atoms with van der Waals surface area (Å²) in [5.74, 6) is 0.732. The van der Waals surface area contributed by atoms with E-state index in [-0.39, 0.29) is 18.2 Å². The fraction of sp³-hybridized carbons (Fsp3) is 0.154. The predicted molar refractivity (Wildman–Crippen MR) is 75.9 cm³/mol. The molecule has 0 aliphatic rings. The Labute approximate surface area is 123 Å². The van der Waals surface area contributed by atoms with Crippen LogP contribution in [0.25, 0.3) is 0 Å². The van der Waals surface area contributed by atoms with Crippen LogP contribution < -0.4 is 9.47 Å². The zero-order valence-electron chi connectivity index (χ0n) is 10.6. The van der Waals surface area contributed by atoms with Crippen molar-refractivity contribution in [3.63, 3.8) is 0 Å². The van der Waals surface area contributed by atoms with Gasteiger partial charge in [-0.2, -0.15) is 0 Å². The Balaban J connectivity index is 2.12. The van der Waals surface area contributed by atoms with E-state index >= 15 is 0 Å². The smallest absolute Gasteiger partial charge is 0.332 e. The number of halogens is 1. The number of aromatic nitrogens is 1. The van der Waals surface area contributed by atoms with Gasteiger partial charge in [-0.05, 0) is 33.6 Å². The number of ether oxygens (including phenoxy) is 2. The number of nitrogens with zero attached hydrogens (tertiary/aromatic N) is 2. The summed E-state index contributed by atoms with van der Waals surface area (Å²) in [7, 11) is 1.58. The van der Waals surface area contributed by atoms with Crippen molar-refractivity contribution >= 4 is 21.6 Å².